The Balaban J connectivity index is 1.92. The Bertz CT molecular complexity index is 1050. The second-order valence-electron chi connectivity index (χ2n) is 6.45. The first-order chi connectivity index (χ1) is 14.1. The number of carbonyl (C=O) groups is 2. The number of rotatable bonds is 4. The summed E-state index contributed by atoms with van der Waals surface area (Å²) in [6, 6.07) is 7.82. The number of hydrogen-bond acceptors (Lipinski definition) is 4. The SMILES string of the molecule is CC1=C(C(=O)Nc2cccc(C(F)(F)F)c2)C(c2ccc([N+](=O)[O-])cc2)NC(=O)N1. The van der Waals surface area contributed by atoms with Crippen molar-refractivity contribution in [2.24, 2.45) is 0 Å². The lowest BCUT2D eigenvalue weighted by atomic mass is 9.94. The Kier molecular flexibility index (Phi) is 5.45. The van der Waals surface area contributed by atoms with Crippen LogP contribution >= 0.6 is 0 Å². The van der Waals surface area contributed by atoms with E-state index in [0.29, 0.717) is 5.56 Å². The number of amides is 3. The molecule has 1 aliphatic heterocycles. The Morgan fingerprint density at radius 2 is 1.83 bits per heavy atom. The first kappa shape index (κ1) is 20.8. The molecule has 11 heteroatoms. The molecule has 0 bridgehead atoms. The maximum atomic E-state index is 12.9. The molecule has 0 aliphatic carbocycles. The molecule has 2 aromatic rings. The molecule has 156 valence electrons. The van der Waals surface area contributed by atoms with Gasteiger partial charge in [0.25, 0.3) is 11.6 Å². The highest BCUT2D eigenvalue weighted by atomic mass is 19.4. The Morgan fingerprint density at radius 3 is 2.43 bits per heavy atom. The number of nitrogens with zero attached hydrogens (tertiary/aromatic N) is 1. The Labute approximate surface area is 167 Å². The third-order valence-corrected chi connectivity index (χ3v) is 4.40. The summed E-state index contributed by atoms with van der Waals surface area (Å²) >= 11 is 0. The summed E-state index contributed by atoms with van der Waals surface area (Å²) in [4.78, 5) is 35.0. The molecule has 3 rings (SSSR count). The first-order valence-electron chi connectivity index (χ1n) is 8.57. The van der Waals surface area contributed by atoms with Crippen molar-refractivity contribution in [3.63, 3.8) is 0 Å². The minimum Gasteiger partial charge on any atom is -0.327 e. The van der Waals surface area contributed by atoms with Crippen LogP contribution in [0.5, 0.6) is 0 Å². The topological polar surface area (TPSA) is 113 Å². The van der Waals surface area contributed by atoms with Crippen LogP contribution in [-0.2, 0) is 11.0 Å². The van der Waals surface area contributed by atoms with Crippen molar-refractivity contribution < 1.29 is 27.7 Å². The Hall–Kier alpha value is -3.89. The van der Waals surface area contributed by atoms with Crippen molar-refractivity contribution >= 4 is 23.3 Å². The third kappa shape index (κ3) is 4.40. The van der Waals surface area contributed by atoms with Gasteiger partial charge in [0, 0.05) is 23.5 Å². The standard InChI is InChI=1S/C19H15F3N4O4/c1-10-15(17(27)24-13-4-2-3-12(9-13)19(20,21)22)16(25-18(28)23-10)11-5-7-14(8-6-11)26(29)30/h2-9,16H,1H3,(H,24,27)(H2,23,25,28). The zero-order valence-corrected chi connectivity index (χ0v) is 15.4. The molecule has 3 amide bonds. The van der Waals surface area contributed by atoms with Gasteiger partial charge in [0.2, 0.25) is 0 Å². The second kappa shape index (κ2) is 7.85. The van der Waals surface area contributed by atoms with Crippen molar-refractivity contribution in [2.75, 3.05) is 5.32 Å². The summed E-state index contributed by atoms with van der Waals surface area (Å²) in [5.41, 5.74) is -0.520. The number of urea groups is 1. The number of allylic oxidation sites excluding steroid dienone is 1. The molecule has 0 saturated carbocycles. The van der Waals surface area contributed by atoms with Crippen molar-refractivity contribution in [1.29, 1.82) is 0 Å². The van der Waals surface area contributed by atoms with E-state index < -0.39 is 34.6 Å². The highest BCUT2D eigenvalue weighted by molar-refractivity contribution is 6.06. The van der Waals surface area contributed by atoms with E-state index in [1.807, 2.05) is 0 Å². The van der Waals surface area contributed by atoms with Gasteiger partial charge in [-0.1, -0.05) is 6.07 Å². The molecular formula is C19H15F3N4O4. The predicted molar refractivity (Wildman–Crippen MR) is 100 cm³/mol. The lowest BCUT2D eigenvalue weighted by Gasteiger charge is -2.28. The van der Waals surface area contributed by atoms with Gasteiger partial charge in [-0.25, -0.2) is 4.79 Å². The molecule has 2 aromatic carbocycles. The molecule has 0 fully saturated rings. The van der Waals surface area contributed by atoms with Crippen molar-refractivity contribution in [1.82, 2.24) is 10.6 Å². The molecule has 0 saturated heterocycles. The minimum atomic E-state index is -4.57. The lowest BCUT2D eigenvalue weighted by Crippen LogP contribution is -2.45. The third-order valence-electron chi connectivity index (χ3n) is 4.40. The minimum absolute atomic E-state index is 0.0564. The number of nitro groups is 1. The molecule has 0 radical (unpaired) electrons. The number of nitro benzene ring substituents is 1. The lowest BCUT2D eigenvalue weighted by molar-refractivity contribution is -0.384. The van der Waals surface area contributed by atoms with E-state index in [4.69, 9.17) is 0 Å². The highest BCUT2D eigenvalue weighted by Crippen LogP contribution is 2.32. The summed E-state index contributed by atoms with van der Waals surface area (Å²) in [5, 5.41) is 18.2. The molecule has 1 heterocycles. The van der Waals surface area contributed by atoms with Crippen molar-refractivity contribution in [2.45, 2.75) is 19.1 Å². The zero-order valence-electron chi connectivity index (χ0n) is 15.4. The van der Waals surface area contributed by atoms with Crippen LogP contribution in [0.1, 0.15) is 24.1 Å². The highest BCUT2D eigenvalue weighted by Gasteiger charge is 2.33. The molecule has 30 heavy (non-hydrogen) atoms. The van der Waals surface area contributed by atoms with Crippen LogP contribution in [0.25, 0.3) is 0 Å². The fourth-order valence-corrected chi connectivity index (χ4v) is 3.01. The molecule has 1 atom stereocenters. The summed E-state index contributed by atoms with van der Waals surface area (Å²) in [6.45, 7) is 1.47. The molecule has 1 unspecified atom stereocenters. The zero-order chi connectivity index (χ0) is 22.1. The van der Waals surface area contributed by atoms with Gasteiger partial charge >= 0.3 is 12.2 Å². The number of benzene rings is 2. The van der Waals surface area contributed by atoms with Crippen LogP contribution in [0.4, 0.5) is 29.3 Å². The van der Waals surface area contributed by atoms with Gasteiger partial charge in [-0.05, 0) is 42.8 Å². The average Bonchev–Trinajstić information content (AvgIpc) is 2.67. The summed E-state index contributed by atoms with van der Waals surface area (Å²) in [6.07, 6.45) is -4.57. The average molecular weight is 420 g/mol. The fourth-order valence-electron chi connectivity index (χ4n) is 3.01. The quantitative estimate of drug-likeness (QED) is 0.515. The largest absolute Gasteiger partial charge is 0.416 e. The second-order valence-corrected chi connectivity index (χ2v) is 6.45. The number of non-ortho nitro benzene ring substituents is 1. The molecule has 8 nitrogen and oxygen atoms in total. The Morgan fingerprint density at radius 1 is 1.17 bits per heavy atom. The number of nitrogens with one attached hydrogen (secondary N) is 3. The summed E-state index contributed by atoms with van der Waals surface area (Å²) in [5.74, 6) is -0.734. The maximum Gasteiger partial charge on any atom is 0.416 e. The monoisotopic (exact) mass is 420 g/mol. The van der Waals surface area contributed by atoms with E-state index in [2.05, 4.69) is 16.0 Å². The van der Waals surface area contributed by atoms with E-state index in [1.54, 1.807) is 0 Å². The van der Waals surface area contributed by atoms with Crippen molar-refractivity contribution in [3.05, 3.63) is 81.0 Å². The van der Waals surface area contributed by atoms with Gasteiger partial charge in [0.05, 0.1) is 22.1 Å². The van der Waals surface area contributed by atoms with Crippen molar-refractivity contribution in [3.8, 4) is 0 Å². The van der Waals surface area contributed by atoms with E-state index >= 15 is 0 Å². The van der Waals surface area contributed by atoms with E-state index in [9.17, 15) is 32.9 Å². The molecule has 0 spiro atoms. The van der Waals surface area contributed by atoms with E-state index in [-0.39, 0.29) is 22.6 Å². The van der Waals surface area contributed by atoms with Crippen LogP contribution in [0.15, 0.2) is 59.8 Å². The van der Waals surface area contributed by atoms with Crippen LogP contribution < -0.4 is 16.0 Å². The number of carbonyl (C=O) groups excluding carboxylic acids is 2. The first-order valence-corrected chi connectivity index (χ1v) is 8.57. The molecule has 0 aromatic heterocycles. The van der Waals surface area contributed by atoms with Gasteiger partial charge in [-0.3, -0.25) is 14.9 Å². The number of alkyl halides is 3. The summed E-state index contributed by atoms with van der Waals surface area (Å²) in [7, 11) is 0. The van der Waals surface area contributed by atoms with Gasteiger partial charge in [-0.15, -0.1) is 0 Å². The molecular weight excluding hydrogens is 405 g/mol. The van der Waals surface area contributed by atoms with Gasteiger partial charge in [-0.2, -0.15) is 13.2 Å². The number of halogens is 3. The van der Waals surface area contributed by atoms with Crippen LogP contribution in [0.3, 0.4) is 0 Å². The summed E-state index contributed by atoms with van der Waals surface area (Å²) < 4.78 is 38.7. The number of anilines is 1. The molecule has 3 N–H and O–H groups in total. The maximum absolute atomic E-state index is 12.9. The van der Waals surface area contributed by atoms with Crippen LogP contribution in [0.2, 0.25) is 0 Å². The van der Waals surface area contributed by atoms with E-state index in [1.165, 1.54) is 37.3 Å². The fraction of sp³-hybridized carbons (Fsp3) is 0.158. The van der Waals surface area contributed by atoms with Crippen LogP contribution in [-0.4, -0.2) is 16.9 Å². The van der Waals surface area contributed by atoms with Gasteiger partial charge in [0.1, 0.15) is 0 Å². The van der Waals surface area contributed by atoms with E-state index in [0.717, 1.165) is 18.2 Å². The predicted octanol–water partition coefficient (Wildman–Crippen LogP) is 3.88. The normalized spacial score (nSPS) is 16.5. The number of hydrogen-bond donors (Lipinski definition) is 3. The molecule has 1 aliphatic rings. The van der Waals surface area contributed by atoms with Gasteiger partial charge in [0.15, 0.2) is 0 Å². The van der Waals surface area contributed by atoms with Gasteiger partial charge < -0.3 is 16.0 Å². The smallest absolute Gasteiger partial charge is 0.327 e. The van der Waals surface area contributed by atoms with Crippen LogP contribution in [0, 0.1) is 10.1 Å².